The molecule has 6 heteroatoms. The van der Waals surface area contributed by atoms with Crippen molar-refractivity contribution < 1.29 is 9.66 Å². The third kappa shape index (κ3) is 2.80. The maximum atomic E-state index is 11.1. The molecule has 1 aromatic heterocycles. The molecule has 6 nitrogen and oxygen atoms in total. The molecule has 1 saturated heterocycles. The van der Waals surface area contributed by atoms with Gasteiger partial charge >= 0.3 is 0 Å². The van der Waals surface area contributed by atoms with Gasteiger partial charge in [-0.25, -0.2) is 0 Å². The molecule has 2 atom stereocenters. The molecule has 1 aliphatic rings. The number of hydrogen-bond donors (Lipinski definition) is 1. The number of rotatable bonds is 3. The van der Waals surface area contributed by atoms with Gasteiger partial charge in [-0.2, -0.15) is 0 Å². The van der Waals surface area contributed by atoms with Crippen molar-refractivity contribution in [2.45, 2.75) is 31.9 Å². The van der Waals surface area contributed by atoms with Gasteiger partial charge in [-0.3, -0.25) is 15.1 Å². The average Bonchev–Trinajstić information content (AvgIpc) is 2.47. The predicted molar refractivity (Wildman–Crippen MR) is 80.5 cm³/mol. The van der Waals surface area contributed by atoms with E-state index >= 15 is 0 Å². The molecular weight excluding hydrogens is 270 g/mol. The van der Waals surface area contributed by atoms with Crippen molar-refractivity contribution in [1.82, 2.24) is 4.98 Å². The molecule has 2 unspecified atom stereocenters. The average molecular weight is 287 g/mol. The summed E-state index contributed by atoms with van der Waals surface area (Å²) in [4.78, 5) is 14.8. The Kier molecular flexibility index (Phi) is 3.70. The Morgan fingerprint density at radius 2 is 2.24 bits per heavy atom. The number of nitrogens with one attached hydrogen (secondary N) is 1. The Bertz CT molecular complexity index is 674. The Hall–Kier alpha value is -2.21. The minimum absolute atomic E-state index is 0.110. The Balaban J connectivity index is 1.96. The van der Waals surface area contributed by atoms with E-state index in [1.54, 1.807) is 30.6 Å². The Morgan fingerprint density at radius 3 is 3.00 bits per heavy atom. The standard InChI is InChI=1S/C15H17N3O3/c1-10-8-11(5-7-21-10)17-14-2-3-15(18(19)20)12-4-6-16-9-13(12)14/h2-4,6,9-11,17H,5,7-8H2,1H3. The quantitative estimate of drug-likeness (QED) is 0.693. The molecule has 0 spiro atoms. The number of aromatic nitrogens is 1. The molecule has 0 amide bonds. The van der Waals surface area contributed by atoms with Gasteiger partial charge in [0.1, 0.15) is 0 Å². The van der Waals surface area contributed by atoms with Gasteiger partial charge in [-0.15, -0.1) is 0 Å². The van der Waals surface area contributed by atoms with Crippen molar-refractivity contribution in [2.24, 2.45) is 0 Å². The lowest BCUT2D eigenvalue weighted by atomic mass is 10.0. The normalized spacial score (nSPS) is 22.1. The number of fused-ring (bicyclic) bond motifs is 1. The van der Waals surface area contributed by atoms with Crippen molar-refractivity contribution in [3.63, 3.8) is 0 Å². The van der Waals surface area contributed by atoms with Crippen molar-refractivity contribution in [3.05, 3.63) is 40.7 Å². The fourth-order valence-electron chi connectivity index (χ4n) is 2.81. The van der Waals surface area contributed by atoms with Crippen LogP contribution in [0.4, 0.5) is 11.4 Å². The molecule has 21 heavy (non-hydrogen) atoms. The zero-order valence-corrected chi connectivity index (χ0v) is 11.8. The van der Waals surface area contributed by atoms with E-state index in [9.17, 15) is 10.1 Å². The van der Waals surface area contributed by atoms with Gasteiger partial charge in [0.2, 0.25) is 0 Å². The molecule has 1 fully saturated rings. The summed E-state index contributed by atoms with van der Waals surface area (Å²) >= 11 is 0. The zero-order valence-electron chi connectivity index (χ0n) is 11.8. The number of benzene rings is 1. The molecule has 3 rings (SSSR count). The van der Waals surface area contributed by atoms with E-state index in [0.717, 1.165) is 30.5 Å². The summed E-state index contributed by atoms with van der Waals surface area (Å²) in [6.07, 6.45) is 5.35. The Morgan fingerprint density at radius 1 is 1.38 bits per heavy atom. The summed E-state index contributed by atoms with van der Waals surface area (Å²) in [6.45, 7) is 2.80. The highest BCUT2D eigenvalue weighted by Crippen LogP contribution is 2.32. The largest absolute Gasteiger partial charge is 0.382 e. The molecule has 2 aromatic rings. The fourth-order valence-corrected chi connectivity index (χ4v) is 2.81. The number of ether oxygens (including phenoxy) is 1. The van der Waals surface area contributed by atoms with E-state index in [1.165, 1.54) is 0 Å². The van der Waals surface area contributed by atoms with Gasteiger partial charge in [0.05, 0.1) is 16.4 Å². The molecule has 0 bridgehead atoms. The molecule has 1 aromatic carbocycles. The van der Waals surface area contributed by atoms with E-state index in [-0.39, 0.29) is 16.7 Å². The van der Waals surface area contributed by atoms with E-state index < -0.39 is 0 Å². The van der Waals surface area contributed by atoms with Crippen LogP contribution >= 0.6 is 0 Å². The van der Waals surface area contributed by atoms with Crippen molar-refractivity contribution >= 4 is 22.1 Å². The number of nitro benzene ring substituents is 1. The van der Waals surface area contributed by atoms with Gasteiger partial charge < -0.3 is 10.1 Å². The minimum Gasteiger partial charge on any atom is -0.382 e. The van der Waals surface area contributed by atoms with E-state index in [1.807, 2.05) is 0 Å². The van der Waals surface area contributed by atoms with Crippen LogP contribution in [0.5, 0.6) is 0 Å². The number of anilines is 1. The first-order valence-corrected chi connectivity index (χ1v) is 7.04. The van der Waals surface area contributed by atoms with Gasteiger partial charge in [-0.1, -0.05) is 0 Å². The van der Waals surface area contributed by atoms with Gasteiger partial charge in [0.25, 0.3) is 5.69 Å². The van der Waals surface area contributed by atoms with Crippen LogP contribution in [0.2, 0.25) is 0 Å². The number of nitrogens with zero attached hydrogens (tertiary/aromatic N) is 2. The van der Waals surface area contributed by atoms with Crippen LogP contribution in [0.1, 0.15) is 19.8 Å². The topological polar surface area (TPSA) is 77.3 Å². The first-order chi connectivity index (χ1) is 10.1. The number of non-ortho nitro benzene ring substituents is 1. The second kappa shape index (κ2) is 5.65. The van der Waals surface area contributed by atoms with Crippen LogP contribution in [0.25, 0.3) is 10.8 Å². The molecule has 0 aliphatic carbocycles. The first-order valence-electron chi connectivity index (χ1n) is 7.04. The van der Waals surface area contributed by atoms with Gasteiger partial charge in [0, 0.05) is 42.2 Å². The summed E-state index contributed by atoms with van der Waals surface area (Å²) in [7, 11) is 0. The number of pyridine rings is 1. The number of hydrogen-bond acceptors (Lipinski definition) is 5. The maximum absolute atomic E-state index is 11.1. The molecule has 1 N–H and O–H groups in total. The second-order valence-electron chi connectivity index (χ2n) is 5.36. The second-order valence-corrected chi connectivity index (χ2v) is 5.36. The molecule has 110 valence electrons. The molecule has 1 aliphatic heterocycles. The predicted octanol–water partition coefficient (Wildman–Crippen LogP) is 3.12. The van der Waals surface area contributed by atoms with E-state index in [4.69, 9.17) is 4.74 Å². The van der Waals surface area contributed by atoms with Crippen LogP contribution in [-0.2, 0) is 4.74 Å². The summed E-state index contributed by atoms with van der Waals surface area (Å²) in [5.74, 6) is 0. The van der Waals surface area contributed by atoms with Gasteiger partial charge in [0.15, 0.2) is 0 Å². The molecule has 0 saturated carbocycles. The minimum atomic E-state index is -0.358. The first kappa shape index (κ1) is 13.8. The van der Waals surface area contributed by atoms with Crippen LogP contribution in [0.15, 0.2) is 30.6 Å². The summed E-state index contributed by atoms with van der Waals surface area (Å²) < 4.78 is 5.54. The molecule has 2 heterocycles. The third-order valence-corrected chi connectivity index (χ3v) is 3.84. The fraction of sp³-hybridized carbons (Fsp3) is 0.400. The van der Waals surface area contributed by atoms with Crippen LogP contribution in [-0.4, -0.2) is 28.7 Å². The van der Waals surface area contributed by atoms with Crippen LogP contribution < -0.4 is 5.32 Å². The number of nitro groups is 1. The highest BCUT2D eigenvalue weighted by Gasteiger charge is 2.21. The zero-order chi connectivity index (χ0) is 14.8. The lowest BCUT2D eigenvalue weighted by Gasteiger charge is -2.29. The SMILES string of the molecule is CC1CC(Nc2ccc([N+](=O)[O-])c3ccncc23)CCO1. The van der Waals surface area contributed by atoms with Crippen LogP contribution in [0, 0.1) is 10.1 Å². The maximum Gasteiger partial charge on any atom is 0.277 e. The lowest BCUT2D eigenvalue weighted by molar-refractivity contribution is -0.383. The van der Waals surface area contributed by atoms with Crippen LogP contribution in [0.3, 0.4) is 0 Å². The summed E-state index contributed by atoms with van der Waals surface area (Å²) in [5.41, 5.74) is 1.00. The Labute approximate surface area is 122 Å². The summed E-state index contributed by atoms with van der Waals surface area (Å²) in [6, 6.07) is 5.32. The van der Waals surface area contributed by atoms with E-state index in [0.29, 0.717) is 11.4 Å². The van der Waals surface area contributed by atoms with Gasteiger partial charge in [-0.05, 0) is 31.9 Å². The third-order valence-electron chi connectivity index (χ3n) is 3.84. The van der Waals surface area contributed by atoms with Crippen molar-refractivity contribution in [1.29, 1.82) is 0 Å². The highest BCUT2D eigenvalue weighted by atomic mass is 16.6. The van der Waals surface area contributed by atoms with Crippen molar-refractivity contribution in [2.75, 3.05) is 11.9 Å². The summed E-state index contributed by atoms with van der Waals surface area (Å²) in [5, 5.41) is 16.0. The van der Waals surface area contributed by atoms with E-state index in [2.05, 4.69) is 17.2 Å². The monoisotopic (exact) mass is 287 g/mol. The van der Waals surface area contributed by atoms with Crippen molar-refractivity contribution in [3.8, 4) is 0 Å². The molecule has 0 radical (unpaired) electrons. The smallest absolute Gasteiger partial charge is 0.277 e. The highest BCUT2D eigenvalue weighted by molar-refractivity contribution is 5.99. The molecular formula is C15H17N3O3. The lowest BCUT2D eigenvalue weighted by Crippen LogP contribution is -2.32.